The maximum atomic E-state index is 12.7. The highest BCUT2D eigenvalue weighted by molar-refractivity contribution is 6.22. The zero-order valence-electron chi connectivity index (χ0n) is 6.85. The van der Waals surface area contributed by atoms with E-state index in [4.69, 9.17) is 0 Å². The number of hydrogen-bond acceptors (Lipinski definition) is 1. The topological polar surface area (TPSA) is 12.9 Å². The summed E-state index contributed by atoms with van der Waals surface area (Å²) in [5.74, 6) is -4.29. The van der Waals surface area contributed by atoms with Crippen LogP contribution in [0.3, 0.4) is 0 Å². The minimum Gasteiger partial charge on any atom is -0.261 e. The van der Waals surface area contributed by atoms with Crippen molar-refractivity contribution in [3.63, 3.8) is 0 Å². The molecule has 78 valence electrons. The van der Waals surface area contributed by atoms with E-state index in [0.717, 1.165) is 0 Å². The lowest BCUT2D eigenvalue weighted by Gasteiger charge is -2.20. The van der Waals surface area contributed by atoms with Gasteiger partial charge < -0.3 is 0 Å². The van der Waals surface area contributed by atoms with E-state index < -0.39 is 17.7 Å². The third-order valence-corrected chi connectivity index (χ3v) is 1.82. The summed E-state index contributed by atoms with van der Waals surface area (Å²) in [5.41, 5.74) is -0.127. The zero-order valence-corrected chi connectivity index (χ0v) is 7.61. The molecule has 0 aliphatic rings. The first-order valence-electron chi connectivity index (χ1n) is 3.67. The van der Waals surface area contributed by atoms with Crippen LogP contribution in [0.2, 0.25) is 0 Å². The van der Waals surface area contributed by atoms with Gasteiger partial charge in [0.2, 0.25) is 0 Å². The van der Waals surface area contributed by atoms with Crippen molar-refractivity contribution in [1.29, 1.82) is 0 Å². The predicted octanol–water partition coefficient (Wildman–Crippen LogP) is 3.09. The van der Waals surface area contributed by atoms with Crippen LogP contribution in [0.5, 0.6) is 0 Å². The fourth-order valence-corrected chi connectivity index (χ4v) is 0.897. The van der Waals surface area contributed by atoms with Gasteiger partial charge in [-0.2, -0.15) is 17.6 Å². The predicted molar refractivity (Wildman–Crippen MR) is 43.7 cm³/mol. The van der Waals surface area contributed by atoms with Crippen molar-refractivity contribution < 1.29 is 17.6 Å². The highest BCUT2D eigenvalue weighted by Gasteiger charge is 2.54. The van der Waals surface area contributed by atoms with Crippen molar-refractivity contribution in [1.82, 2.24) is 4.98 Å². The highest BCUT2D eigenvalue weighted by Crippen LogP contribution is 2.39. The van der Waals surface area contributed by atoms with Crippen molar-refractivity contribution >= 4 is 11.6 Å². The molecule has 0 radical (unpaired) electrons. The van der Waals surface area contributed by atoms with Crippen LogP contribution in [0.1, 0.15) is 5.69 Å². The Morgan fingerprint density at radius 1 is 1.21 bits per heavy atom. The smallest absolute Gasteiger partial charge is 0.261 e. The lowest BCUT2D eigenvalue weighted by Crippen LogP contribution is -2.37. The fourth-order valence-electron chi connectivity index (χ4n) is 0.830. The molecular weight excluding hydrogens is 222 g/mol. The van der Waals surface area contributed by atoms with Gasteiger partial charge in [-0.25, -0.2) is 0 Å². The number of halogens is 5. The Hall–Kier alpha value is -0.840. The second kappa shape index (κ2) is 3.73. The average molecular weight is 228 g/mol. The van der Waals surface area contributed by atoms with Gasteiger partial charge in [0, 0.05) is 11.9 Å². The summed E-state index contributed by atoms with van der Waals surface area (Å²) in [6, 6.07) is 4.17. The van der Waals surface area contributed by atoms with Crippen LogP contribution in [0.25, 0.3) is 0 Å². The lowest BCUT2D eigenvalue weighted by atomic mass is 10.2. The average Bonchev–Trinajstić information content (AvgIpc) is 2.03. The number of alkyl halides is 5. The molecule has 14 heavy (non-hydrogen) atoms. The number of aromatic nitrogens is 1. The summed E-state index contributed by atoms with van der Waals surface area (Å²) in [6.45, 7) is 0. The SMILES string of the molecule is FC(F)(Cl)C(F)(F)Cc1ccccn1. The highest BCUT2D eigenvalue weighted by atomic mass is 35.5. The lowest BCUT2D eigenvalue weighted by molar-refractivity contribution is -0.156. The summed E-state index contributed by atoms with van der Waals surface area (Å²) < 4.78 is 49.7. The Morgan fingerprint density at radius 2 is 1.86 bits per heavy atom. The van der Waals surface area contributed by atoms with E-state index >= 15 is 0 Å². The normalized spacial score (nSPS) is 12.9. The van der Waals surface area contributed by atoms with Gasteiger partial charge in [-0.15, -0.1) is 0 Å². The van der Waals surface area contributed by atoms with Crippen molar-refractivity contribution in [2.75, 3.05) is 0 Å². The molecule has 0 atom stereocenters. The Labute approximate surface area is 82.7 Å². The second-order valence-corrected chi connectivity index (χ2v) is 3.17. The molecule has 0 fully saturated rings. The number of rotatable bonds is 3. The van der Waals surface area contributed by atoms with Gasteiger partial charge in [-0.05, 0) is 23.7 Å². The first-order valence-corrected chi connectivity index (χ1v) is 4.05. The summed E-state index contributed by atoms with van der Waals surface area (Å²) in [4.78, 5) is 3.51. The van der Waals surface area contributed by atoms with Crippen LogP contribution < -0.4 is 0 Å². The largest absolute Gasteiger partial charge is 0.384 e. The van der Waals surface area contributed by atoms with E-state index in [1.54, 1.807) is 0 Å². The minimum atomic E-state index is -4.55. The summed E-state index contributed by atoms with van der Waals surface area (Å²) >= 11 is 4.26. The first-order chi connectivity index (χ1) is 6.33. The van der Waals surface area contributed by atoms with Gasteiger partial charge in [-0.3, -0.25) is 4.98 Å². The molecule has 1 aromatic rings. The minimum absolute atomic E-state index is 0.127. The van der Waals surface area contributed by atoms with Crippen LogP contribution in [-0.4, -0.2) is 16.3 Å². The molecule has 0 saturated carbocycles. The fraction of sp³-hybridized carbons (Fsp3) is 0.375. The first kappa shape index (κ1) is 11.2. The molecule has 0 spiro atoms. The molecule has 6 heteroatoms. The van der Waals surface area contributed by atoms with Gasteiger partial charge in [0.25, 0.3) is 0 Å². The molecule has 0 saturated heterocycles. The summed E-state index contributed by atoms with van der Waals surface area (Å²) in [7, 11) is 0. The van der Waals surface area contributed by atoms with Gasteiger partial charge in [0.1, 0.15) is 0 Å². The Kier molecular flexibility index (Phi) is 2.99. The van der Waals surface area contributed by atoms with E-state index in [1.165, 1.54) is 24.4 Å². The Morgan fingerprint density at radius 3 is 2.29 bits per heavy atom. The molecule has 0 N–H and O–H groups in total. The van der Waals surface area contributed by atoms with E-state index in [0.29, 0.717) is 0 Å². The van der Waals surface area contributed by atoms with Crippen molar-refractivity contribution in [3.8, 4) is 0 Å². The molecule has 0 amide bonds. The molecule has 1 aromatic heterocycles. The molecule has 1 rings (SSSR count). The third kappa shape index (κ3) is 2.57. The van der Waals surface area contributed by atoms with Crippen LogP contribution in [-0.2, 0) is 6.42 Å². The van der Waals surface area contributed by atoms with Gasteiger partial charge in [0.15, 0.2) is 0 Å². The zero-order chi connectivity index (χ0) is 10.8. The van der Waals surface area contributed by atoms with E-state index in [2.05, 4.69) is 16.6 Å². The number of nitrogens with zero attached hydrogens (tertiary/aromatic N) is 1. The van der Waals surface area contributed by atoms with Crippen molar-refractivity contribution in [2.45, 2.75) is 17.7 Å². The van der Waals surface area contributed by atoms with Crippen LogP contribution in [0, 0.1) is 0 Å². The second-order valence-electron chi connectivity index (χ2n) is 2.70. The van der Waals surface area contributed by atoms with Crippen LogP contribution >= 0.6 is 11.6 Å². The van der Waals surface area contributed by atoms with Crippen molar-refractivity contribution in [3.05, 3.63) is 30.1 Å². The van der Waals surface area contributed by atoms with Gasteiger partial charge >= 0.3 is 11.3 Å². The van der Waals surface area contributed by atoms with Crippen LogP contribution in [0.15, 0.2) is 24.4 Å². The standard InChI is InChI=1S/C8H6ClF4N/c9-8(12,13)7(10,11)5-6-3-1-2-4-14-6/h1-4H,5H2. The molecular formula is C8H6ClF4N. The monoisotopic (exact) mass is 227 g/mol. The van der Waals surface area contributed by atoms with E-state index in [1.807, 2.05) is 0 Å². The van der Waals surface area contributed by atoms with Gasteiger partial charge in [-0.1, -0.05) is 6.07 Å². The van der Waals surface area contributed by atoms with E-state index in [9.17, 15) is 17.6 Å². The van der Waals surface area contributed by atoms with Crippen molar-refractivity contribution in [2.24, 2.45) is 0 Å². The van der Waals surface area contributed by atoms with Gasteiger partial charge in [0.05, 0.1) is 6.42 Å². The maximum Gasteiger partial charge on any atom is 0.384 e. The summed E-state index contributed by atoms with van der Waals surface area (Å²) in [5, 5.41) is -4.55. The molecule has 1 nitrogen and oxygen atoms in total. The molecule has 0 unspecified atom stereocenters. The molecule has 0 aliphatic carbocycles. The number of pyridine rings is 1. The summed E-state index contributed by atoms with van der Waals surface area (Å²) in [6.07, 6.45) is 0.0716. The quantitative estimate of drug-likeness (QED) is 0.571. The molecule has 0 bridgehead atoms. The molecule has 1 heterocycles. The maximum absolute atomic E-state index is 12.7. The van der Waals surface area contributed by atoms with Crippen LogP contribution in [0.4, 0.5) is 17.6 Å². The van der Waals surface area contributed by atoms with E-state index in [-0.39, 0.29) is 5.69 Å². The molecule has 0 aliphatic heterocycles. The molecule has 0 aromatic carbocycles. The third-order valence-electron chi connectivity index (χ3n) is 1.54. The Balaban J connectivity index is 2.79. The number of hydrogen-bond donors (Lipinski definition) is 0. The Bertz CT molecular complexity index is 296.